The number of amides is 1. The number of nitrogens with one attached hydrogen (secondary N) is 1. The quantitative estimate of drug-likeness (QED) is 0.662. The number of furan rings is 1. The van der Waals surface area contributed by atoms with Crippen molar-refractivity contribution in [2.24, 2.45) is 5.10 Å². The van der Waals surface area contributed by atoms with Crippen molar-refractivity contribution in [3.63, 3.8) is 0 Å². The summed E-state index contributed by atoms with van der Waals surface area (Å²) in [6.45, 7) is 1.77. The van der Waals surface area contributed by atoms with E-state index < -0.39 is 0 Å². The average Bonchev–Trinajstić information content (AvgIpc) is 2.88. The molecule has 0 saturated carbocycles. The maximum atomic E-state index is 11.0. The number of nitrogens with zero attached hydrogens (tertiary/aromatic N) is 1. The molecule has 2 rings (SSSR count). The van der Waals surface area contributed by atoms with Crippen LogP contribution in [-0.2, 0) is 4.79 Å². The smallest absolute Gasteiger partial charge is 0.239 e. The topological polar surface area (TPSA) is 54.6 Å². The second-order valence-electron chi connectivity index (χ2n) is 3.71. The Labute approximate surface area is 105 Å². The summed E-state index contributed by atoms with van der Waals surface area (Å²) in [5.74, 6) is 1.25. The molecular formula is C14H14N2O2. The Hall–Kier alpha value is -2.36. The standard InChI is InChI=1S/C14H14N2O2/c1-2-14(17)16-15-10-12-8-9-13(18-12)11-6-4-3-5-7-11/h3-10H,2H2,1H3,(H,16,17). The van der Waals surface area contributed by atoms with Crippen molar-refractivity contribution in [3.05, 3.63) is 48.2 Å². The lowest BCUT2D eigenvalue weighted by Gasteiger charge is -1.95. The van der Waals surface area contributed by atoms with Gasteiger partial charge in [0, 0.05) is 12.0 Å². The molecule has 4 heteroatoms. The van der Waals surface area contributed by atoms with Gasteiger partial charge in [0.15, 0.2) is 0 Å². The van der Waals surface area contributed by atoms with Gasteiger partial charge in [0.05, 0.1) is 6.21 Å². The molecule has 0 aliphatic heterocycles. The van der Waals surface area contributed by atoms with Gasteiger partial charge in [-0.15, -0.1) is 0 Å². The molecule has 0 aliphatic rings. The van der Waals surface area contributed by atoms with E-state index in [1.165, 1.54) is 6.21 Å². The Morgan fingerprint density at radius 2 is 2.06 bits per heavy atom. The van der Waals surface area contributed by atoms with Crippen molar-refractivity contribution >= 4 is 12.1 Å². The minimum atomic E-state index is -0.124. The summed E-state index contributed by atoms with van der Waals surface area (Å²) in [5, 5.41) is 3.80. The Morgan fingerprint density at radius 3 is 2.78 bits per heavy atom. The first-order valence-corrected chi connectivity index (χ1v) is 5.76. The van der Waals surface area contributed by atoms with Gasteiger partial charge >= 0.3 is 0 Å². The molecule has 18 heavy (non-hydrogen) atoms. The molecule has 0 radical (unpaired) electrons. The van der Waals surface area contributed by atoms with Crippen LogP contribution in [0.25, 0.3) is 11.3 Å². The zero-order chi connectivity index (χ0) is 12.8. The number of hydrazone groups is 1. The predicted octanol–water partition coefficient (Wildman–Crippen LogP) is 2.81. The molecule has 1 aromatic carbocycles. The van der Waals surface area contributed by atoms with Gasteiger partial charge in [0.1, 0.15) is 11.5 Å². The van der Waals surface area contributed by atoms with Gasteiger partial charge in [0.25, 0.3) is 0 Å². The highest BCUT2D eigenvalue weighted by atomic mass is 16.3. The molecule has 0 fully saturated rings. The number of benzene rings is 1. The summed E-state index contributed by atoms with van der Waals surface area (Å²) in [5.41, 5.74) is 3.41. The number of rotatable bonds is 4. The van der Waals surface area contributed by atoms with Crippen LogP contribution in [0, 0.1) is 0 Å². The van der Waals surface area contributed by atoms with E-state index in [1.54, 1.807) is 6.92 Å². The molecule has 2 aromatic rings. The highest BCUT2D eigenvalue weighted by molar-refractivity contribution is 5.80. The number of hydrogen-bond acceptors (Lipinski definition) is 3. The fourth-order valence-electron chi connectivity index (χ4n) is 1.43. The molecule has 4 nitrogen and oxygen atoms in total. The second kappa shape index (κ2) is 5.82. The van der Waals surface area contributed by atoms with E-state index in [0.717, 1.165) is 11.3 Å². The largest absolute Gasteiger partial charge is 0.455 e. The summed E-state index contributed by atoms with van der Waals surface area (Å²) in [6, 6.07) is 13.5. The first kappa shape index (κ1) is 12.1. The summed E-state index contributed by atoms with van der Waals surface area (Å²) < 4.78 is 5.58. The van der Waals surface area contributed by atoms with Gasteiger partial charge in [-0.25, -0.2) is 5.43 Å². The van der Waals surface area contributed by atoms with Gasteiger partial charge in [-0.3, -0.25) is 4.79 Å². The highest BCUT2D eigenvalue weighted by Crippen LogP contribution is 2.20. The van der Waals surface area contributed by atoms with Crippen LogP contribution >= 0.6 is 0 Å². The molecule has 0 spiro atoms. The SMILES string of the molecule is CCC(=O)NN=Cc1ccc(-c2ccccc2)o1. The van der Waals surface area contributed by atoms with Crippen molar-refractivity contribution in [2.75, 3.05) is 0 Å². The van der Waals surface area contributed by atoms with E-state index in [0.29, 0.717) is 12.2 Å². The number of carbonyl (C=O) groups excluding carboxylic acids is 1. The van der Waals surface area contributed by atoms with Crippen molar-refractivity contribution in [1.82, 2.24) is 5.43 Å². The Kier molecular flexibility index (Phi) is 3.91. The fraction of sp³-hybridized carbons (Fsp3) is 0.143. The summed E-state index contributed by atoms with van der Waals surface area (Å²) >= 11 is 0. The lowest BCUT2D eigenvalue weighted by molar-refractivity contribution is -0.120. The van der Waals surface area contributed by atoms with Gasteiger partial charge in [0.2, 0.25) is 5.91 Å². The van der Waals surface area contributed by atoms with E-state index >= 15 is 0 Å². The van der Waals surface area contributed by atoms with E-state index in [9.17, 15) is 4.79 Å². The number of carbonyl (C=O) groups is 1. The minimum absolute atomic E-state index is 0.124. The Bertz CT molecular complexity index is 544. The van der Waals surface area contributed by atoms with E-state index in [2.05, 4.69) is 10.5 Å². The van der Waals surface area contributed by atoms with Crippen molar-refractivity contribution in [1.29, 1.82) is 0 Å². The van der Waals surface area contributed by atoms with Gasteiger partial charge in [-0.05, 0) is 12.1 Å². The zero-order valence-electron chi connectivity index (χ0n) is 10.1. The van der Waals surface area contributed by atoms with E-state index in [1.807, 2.05) is 42.5 Å². The van der Waals surface area contributed by atoms with Crippen LogP contribution < -0.4 is 5.43 Å². The van der Waals surface area contributed by atoms with Crippen molar-refractivity contribution < 1.29 is 9.21 Å². The monoisotopic (exact) mass is 242 g/mol. The molecular weight excluding hydrogens is 228 g/mol. The fourth-order valence-corrected chi connectivity index (χ4v) is 1.43. The van der Waals surface area contributed by atoms with Gasteiger partial charge in [-0.1, -0.05) is 37.3 Å². The maximum Gasteiger partial charge on any atom is 0.239 e. The Morgan fingerprint density at radius 1 is 1.28 bits per heavy atom. The van der Waals surface area contributed by atoms with Crippen LogP contribution in [0.4, 0.5) is 0 Å². The lowest BCUT2D eigenvalue weighted by Crippen LogP contribution is -2.15. The third-order valence-electron chi connectivity index (χ3n) is 2.39. The zero-order valence-corrected chi connectivity index (χ0v) is 10.1. The van der Waals surface area contributed by atoms with E-state index in [4.69, 9.17) is 4.42 Å². The minimum Gasteiger partial charge on any atom is -0.455 e. The predicted molar refractivity (Wildman–Crippen MR) is 70.2 cm³/mol. The molecule has 0 bridgehead atoms. The van der Waals surface area contributed by atoms with Crippen LogP contribution in [0.5, 0.6) is 0 Å². The molecule has 0 aliphatic carbocycles. The highest BCUT2D eigenvalue weighted by Gasteiger charge is 2.02. The van der Waals surface area contributed by atoms with Crippen LogP contribution in [0.1, 0.15) is 19.1 Å². The molecule has 1 heterocycles. The average molecular weight is 242 g/mol. The molecule has 1 aromatic heterocycles. The van der Waals surface area contributed by atoms with Crippen LogP contribution in [-0.4, -0.2) is 12.1 Å². The molecule has 0 atom stereocenters. The van der Waals surface area contributed by atoms with Gasteiger partial charge in [-0.2, -0.15) is 5.10 Å². The Balaban J connectivity index is 2.05. The third kappa shape index (κ3) is 3.07. The maximum absolute atomic E-state index is 11.0. The first-order chi connectivity index (χ1) is 8.79. The second-order valence-corrected chi connectivity index (χ2v) is 3.71. The molecule has 0 saturated heterocycles. The molecule has 92 valence electrons. The third-order valence-corrected chi connectivity index (χ3v) is 2.39. The molecule has 1 N–H and O–H groups in total. The molecule has 1 amide bonds. The normalized spacial score (nSPS) is 10.7. The van der Waals surface area contributed by atoms with Crippen LogP contribution in [0.3, 0.4) is 0 Å². The van der Waals surface area contributed by atoms with Crippen molar-refractivity contribution in [2.45, 2.75) is 13.3 Å². The van der Waals surface area contributed by atoms with Crippen LogP contribution in [0.15, 0.2) is 52.0 Å². The van der Waals surface area contributed by atoms with Crippen LogP contribution in [0.2, 0.25) is 0 Å². The number of hydrogen-bond donors (Lipinski definition) is 1. The van der Waals surface area contributed by atoms with E-state index in [-0.39, 0.29) is 5.91 Å². The van der Waals surface area contributed by atoms with Crippen molar-refractivity contribution in [3.8, 4) is 11.3 Å². The molecule has 0 unspecified atom stereocenters. The summed E-state index contributed by atoms with van der Waals surface area (Å²) in [7, 11) is 0. The summed E-state index contributed by atoms with van der Waals surface area (Å²) in [4.78, 5) is 11.0. The summed E-state index contributed by atoms with van der Waals surface area (Å²) in [6.07, 6.45) is 1.89. The van der Waals surface area contributed by atoms with Gasteiger partial charge < -0.3 is 4.42 Å². The lowest BCUT2D eigenvalue weighted by atomic mass is 10.2. The first-order valence-electron chi connectivity index (χ1n) is 5.76.